The third-order valence-electron chi connectivity index (χ3n) is 4.87. The van der Waals surface area contributed by atoms with Gasteiger partial charge in [-0.3, -0.25) is 9.78 Å². The number of rotatable bonds is 6. The Hall–Kier alpha value is -2.14. The molecule has 4 rings (SSSR count). The second-order valence-corrected chi connectivity index (χ2v) is 6.68. The second-order valence-electron chi connectivity index (χ2n) is 6.68. The van der Waals surface area contributed by atoms with E-state index >= 15 is 0 Å². The molecule has 1 amide bonds. The van der Waals surface area contributed by atoms with Crippen LogP contribution in [0.25, 0.3) is 0 Å². The number of hydrogen-bond donors (Lipinski definition) is 0. The van der Waals surface area contributed by atoms with Crippen LogP contribution in [0.3, 0.4) is 0 Å². The predicted octanol–water partition coefficient (Wildman–Crippen LogP) is 2.99. The highest BCUT2D eigenvalue weighted by Crippen LogP contribution is 2.48. The first-order valence-electron chi connectivity index (χ1n) is 8.64. The van der Waals surface area contributed by atoms with E-state index < -0.39 is 0 Å². The van der Waals surface area contributed by atoms with Crippen molar-refractivity contribution < 1.29 is 13.9 Å². The summed E-state index contributed by atoms with van der Waals surface area (Å²) in [6.07, 6.45) is 8.40. The van der Waals surface area contributed by atoms with Gasteiger partial charge in [0.1, 0.15) is 5.76 Å². The largest absolute Gasteiger partial charge is 0.469 e. The molecule has 2 aromatic rings. The maximum atomic E-state index is 13.0. The van der Waals surface area contributed by atoms with Gasteiger partial charge in [-0.25, -0.2) is 0 Å². The predicted molar refractivity (Wildman–Crippen MR) is 88.2 cm³/mol. The number of nitrogens with zero attached hydrogens (tertiary/aromatic N) is 2. The molecule has 0 aromatic carbocycles. The molecule has 5 heteroatoms. The summed E-state index contributed by atoms with van der Waals surface area (Å²) in [5.41, 5.74) is 1.05. The summed E-state index contributed by atoms with van der Waals surface area (Å²) in [5, 5.41) is 0. The Morgan fingerprint density at radius 2 is 2.29 bits per heavy atom. The van der Waals surface area contributed by atoms with Gasteiger partial charge in [0.15, 0.2) is 0 Å². The molecule has 126 valence electrons. The summed E-state index contributed by atoms with van der Waals surface area (Å²) < 4.78 is 11.2. The Morgan fingerprint density at radius 3 is 3.00 bits per heavy atom. The minimum absolute atomic E-state index is 0.0363. The number of pyridine rings is 1. The lowest BCUT2D eigenvalue weighted by Crippen LogP contribution is -2.38. The highest BCUT2D eigenvalue weighted by molar-refractivity contribution is 5.82. The van der Waals surface area contributed by atoms with E-state index in [1.54, 1.807) is 12.5 Å². The van der Waals surface area contributed by atoms with Crippen LogP contribution in [-0.4, -0.2) is 35.0 Å². The minimum atomic E-state index is 0.0363. The fourth-order valence-electron chi connectivity index (χ4n) is 3.50. The molecule has 5 nitrogen and oxygen atoms in total. The van der Waals surface area contributed by atoms with Gasteiger partial charge < -0.3 is 14.1 Å². The zero-order chi connectivity index (χ0) is 16.4. The van der Waals surface area contributed by atoms with Crippen molar-refractivity contribution in [2.75, 3.05) is 13.2 Å². The number of furan rings is 1. The second kappa shape index (κ2) is 6.77. The van der Waals surface area contributed by atoms with E-state index in [4.69, 9.17) is 9.15 Å². The average molecular weight is 326 g/mol. The van der Waals surface area contributed by atoms with Crippen molar-refractivity contribution in [2.45, 2.75) is 37.8 Å². The van der Waals surface area contributed by atoms with Crippen molar-refractivity contribution >= 4 is 5.91 Å². The highest BCUT2D eigenvalue weighted by atomic mass is 16.5. The van der Waals surface area contributed by atoms with Crippen molar-refractivity contribution in [1.82, 2.24) is 9.88 Å². The minimum Gasteiger partial charge on any atom is -0.469 e. The van der Waals surface area contributed by atoms with E-state index in [1.807, 2.05) is 35.4 Å². The maximum absolute atomic E-state index is 13.0. The standard InChI is InChI=1S/C19H22N2O3/c22-19(17-10-16(17)18-6-3-9-24-18)21(13-15-5-2-8-23-15)12-14-4-1-7-20-11-14/h1,3-4,6-7,9,11,15-17H,2,5,8,10,12-13H2. The van der Waals surface area contributed by atoms with E-state index in [-0.39, 0.29) is 23.8 Å². The van der Waals surface area contributed by atoms with Crippen LogP contribution in [0.5, 0.6) is 0 Å². The van der Waals surface area contributed by atoms with Gasteiger partial charge in [0.05, 0.1) is 12.4 Å². The molecule has 0 radical (unpaired) electrons. The smallest absolute Gasteiger partial charge is 0.226 e. The molecule has 0 spiro atoms. The zero-order valence-corrected chi connectivity index (χ0v) is 13.6. The summed E-state index contributed by atoms with van der Waals surface area (Å²) in [5.74, 6) is 1.39. The Morgan fingerprint density at radius 1 is 1.33 bits per heavy atom. The number of amides is 1. The van der Waals surface area contributed by atoms with Gasteiger partial charge in [0.2, 0.25) is 5.91 Å². The Kier molecular flexibility index (Phi) is 4.34. The first kappa shape index (κ1) is 15.4. The zero-order valence-electron chi connectivity index (χ0n) is 13.6. The Labute approximate surface area is 141 Å². The summed E-state index contributed by atoms with van der Waals surface area (Å²) in [6.45, 7) is 2.06. The summed E-state index contributed by atoms with van der Waals surface area (Å²) in [4.78, 5) is 19.1. The van der Waals surface area contributed by atoms with Gasteiger partial charge in [-0.1, -0.05) is 6.07 Å². The number of carbonyl (C=O) groups excluding carboxylic acids is 1. The molecule has 1 aliphatic heterocycles. The molecule has 2 aliphatic rings. The van der Waals surface area contributed by atoms with Crippen LogP contribution in [0.15, 0.2) is 47.3 Å². The van der Waals surface area contributed by atoms with Gasteiger partial charge in [0, 0.05) is 43.9 Å². The van der Waals surface area contributed by atoms with Crippen molar-refractivity contribution in [1.29, 1.82) is 0 Å². The highest BCUT2D eigenvalue weighted by Gasteiger charge is 2.47. The SMILES string of the molecule is O=C(C1CC1c1ccco1)N(Cc1cccnc1)CC1CCCO1. The molecule has 1 aliphatic carbocycles. The van der Waals surface area contributed by atoms with Crippen LogP contribution in [0.2, 0.25) is 0 Å². The van der Waals surface area contributed by atoms with Crippen molar-refractivity contribution in [3.8, 4) is 0 Å². The van der Waals surface area contributed by atoms with E-state index in [2.05, 4.69) is 4.98 Å². The third kappa shape index (κ3) is 3.36. The Bertz CT molecular complexity index is 665. The molecule has 1 saturated carbocycles. The van der Waals surface area contributed by atoms with Gasteiger partial charge in [0.25, 0.3) is 0 Å². The number of ether oxygens (including phenoxy) is 1. The van der Waals surface area contributed by atoms with Crippen LogP contribution >= 0.6 is 0 Å². The number of carbonyl (C=O) groups is 1. The van der Waals surface area contributed by atoms with Gasteiger partial charge in [-0.15, -0.1) is 0 Å². The monoisotopic (exact) mass is 326 g/mol. The lowest BCUT2D eigenvalue weighted by Gasteiger charge is -2.25. The molecule has 0 bridgehead atoms. The first-order valence-corrected chi connectivity index (χ1v) is 8.64. The summed E-state index contributed by atoms with van der Waals surface area (Å²) >= 11 is 0. The topological polar surface area (TPSA) is 55.6 Å². The fraction of sp³-hybridized carbons (Fsp3) is 0.474. The normalized spacial score (nSPS) is 25.6. The van der Waals surface area contributed by atoms with Gasteiger partial charge >= 0.3 is 0 Å². The van der Waals surface area contributed by atoms with Crippen LogP contribution in [0.1, 0.15) is 36.5 Å². The van der Waals surface area contributed by atoms with E-state index in [0.29, 0.717) is 13.1 Å². The molecular formula is C19H22N2O3. The molecule has 2 aromatic heterocycles. The number of hydrogen-bond acceptors (Lipinski definition) is 4. The molecule has 1 saturated heterocycles. The third-order valence-corrected chi connectivity index (χ3v) is 4.87. The first-order chi connectivity index (χ1) is 11.8. The van der Waals surface area contributed by atoms with Crippen LogP contribution in [0.4, 0.5) is 0 Å². The molecular weight excluding hydrogens is 304 g/mol. The number of aromatic nitrogens is 1. The van der Waals surface area contributed by atoms with Crippen LogP contribution in [0, 0.1) is 5.92 Å². The molecule has 3 heterocycles. The van der Waals surface area contributed by atoms with E-state index in [1.165, 1.54) is 0 Å². The van der Waals surface area contributed by atoms with Crippen molar-refractivity contribution in [3.05, 3.63) is 54.2 Å². The Balaban J connectivity index is 1.45. The van der Waals surface area contributed by atoms with E-state index in [9.17, 15) is 4.79 Å². The van der Waals surface area contributed by atoms with Crippen molar-refractivity contribution in [3.63, 3.8) is 0 Å². The molecule has 3 unspecified atom stereocenters. The van der Waals surface area contributed by atoms with Crippen molar-refractivity contribution in [2.24, 2.45) is 5.92 Å². The lowest BCUT2D eigenvalue weighted by molar-refractivity contribution is -0.135. The summed E-state index contributed by atoms with van der Waals surface area (Å²) in [6, 6.07) is 7.77. The molecule has 0 N–H and O–H groups in total. The average Bonchev–Trinajstić information content (AvgIpc) is 3.02. The quantitative estimate of drug-likeness (QED) is 0.819. The molecule has 2 fully saturated rings. The lowest BCUT2D eigenvalue weighted by atomic mass is 10.1. The molecule has 24 heavy (non-hydrogen) atoms. The van der Waals surface area contributed by atoms with Gasteiger partial charge in [-0.2, -0.15) is 0 Å². The van der Waals surface area contributed by atoms with Gasteiger partial charge in [-0.05, 0) is 43.0 Å². The maximum Gasteiger partial charge on any atom is 0.226 e. The van der Waals surface area contributed by atoms with E-state index in [0.717, 1.165) is 37.2 Å². The molecule has 3 atom stereocenters. The summed E-state index contributed by atoms with van der Waals surface area (Å²) in [7, 11) is 0. The van der Waals surface area contributed by atoms with Crippen LogP contribution in [-0.2, 0) is 16.1 Å². The van der Waals surface area contributed by atoms with Crippen LogP contribution < -0.4 is 0 Å². The fourth-order valence-corrected chi connectivity index (χ4v) is 3.50.